The van der Waals surface area contributed by atoms with Crippen LogP contribution in [0.2, 0.25) is 0 Å². The molecule has 0 amide bonds. The monoisotopic (exact) mass is 429 g/mol. The van der Waals surface area contributed by atoms with Crippen LogP contribution in [0.25, 0.3) is 10.9 Å². The largest absolute Gasteiger partial charge is 0.443 e. The third-order valence-electron chi connectivity index (χ3n) is 6.30. The lowest BCUT2D eigenvalue weighted by atomic mass is 9.96. The standard InChI is InChI=1S/C27H31N3O2/c1-27(2,3)32-26(31)30-18-24(23-14-20(16-28)10-13-25(23)30)21-11-12-22(15-21)29(4)17-19-8-6-5-7-9-19/h5-10,13-14,18,21-22H,11-12,15,17H2,1-4H3/t21-,22-/m1/s1. The van der Waals surface area contributed by atoms with Crippen molar-refractivity contribution in [3.8, 4) is 6.07 Å². The number of hydrogen-bond acceptors (Lipinski definition) is 4. The first-order valence-corrected chi connectivity index (χ1v) is 11.3. The van der Waals surface area contributed by atoms with Crippen molar-refractivity contribution in [3.63, 3.8) is 0 Å². The number of carbonyl (C=O) groups is 1. The van der Waals surface area contributed by atoms with E-state index >= 15 is 0 Å². The number of nitriles is 1. The number of rotatable bonds is 4. The summed E-state index contributed by atoms with van der Waals surface area (Å²) >= 11 is 0. The molecular formula is C27H31N3O2. The van der Waals surface area contributed by atoms with Crippen LogP contribution in [0.15, 0.2) is 54.7 Å². The van der Waals surface area contributed by atoms with E-state index in [1.54, 1.807) is 10.6 Å². The van der Waals surface area contributed by atoms with Crippen LogP contribution < -0.4 is 0 Å². The molecule has 3 aromatic rings. The van der Waals surface area contributed by atoms with Crippen molar-refractivity contribution in [1.29, 1.82) is 5.26 Å². The maximum Gasteiger partial charge on any atom is 0.419 e. The minimum absolute atomic E-state index is 0.346. The van der Waals surface area contributed by atoms with Gasteiger partial charge >= 0.3 is 6.09 Å². The highest BCUT2D eigenvalue weighted by atomic mass is 16.6. The highest BCUT2D eigenvalue weighted by molar-refractivity contribution is 5.93. The zero-order chi connectivity index (χ0) is 22.9. The van der Waals surface area contributed by atoms with Gasteiger partial charge in [0.2, 0.25) is 0 Å². The Bertz CT molecular complexity index is 1150. The third kappa shape index (κ3) is 4.71. The van der Waals surface area contributed by atoms with Gasteiger partial charge in [0.15, 0.2) is 0 Å². The maximum absolute atomic E-state index is 12.9. The zero-order valence-electron chi connectivity index (χ0n) is 19.3. The number of aromatic nitrogens is 1. The summed E-state index contributed by atoms with van der Waals surface area (Å²) in [5.74, 6) is 0.346. The van der Waals surface area contributed by atoms with Gasteiger partial charge in [-0.2, -0.15) is 5.26 Å². The molecule has 1 fully saturated rings. The van der Waals surface area contributed by atoms with Crippen LogP contribution in [0.4, 0.5) is 4.79 Å². The Morgan fingerprint density at radius 1 is 1.19 bits per heavy atom. The zero-order valence-corrected chi connectivity index (χ0v) is 19.3. The molecule has 1 aromatic heterocycles. The molecule has 1 saturated carbocycles. The quantitative estimate of drug-likeness (QED) is 0.505. The number of carbonyl (C=O) groups excluding carboxylic acids is 1. The molecule has 2 atom stereocenters. The van der Waals surface area contributed by atoms with Crippen LogP contribution >= 0.6 is 0 Å². The number of nitrogens with zero attached hydrogens (tertiary/aromatic N) is 3. The minimum Gasteiger partial charge on any atom is -0.443 e. The summed E-state index contributed by atoms with van der Waals surface area (Å²) in [6.45, 7) is 6.54. The van der Waals surface area contributed by atoms with E-state index in [-0.39, 0.29) is 6.09 Å². The number of hydrogen-bond donors (Lipinski definition) is 0. The Morgan fingerprint density at radius 3 is 2.62 bits per heavy atom. The van der Waals surface area contributed by atoms with Crippen molar-refractivity contribution >= 4 is 17.0 Å². The molecule has 0 aliphatic heterocycles. The summed E-state index contributed by atoms with van der Waals surface area (Å²) in [5, 5.41) is 10.4. The highest BCUT2D eigenvalue weighted by Gasteiger charge is 2.31. The van der Waals surface area contributed by atoms with Crippen LogP contribution in [0.3, 0.4) is 0 Å². The van der Waals surface area contributed by atoms with Crippen LogP contribution in [0.1, 0.15) is 62.6 Å². The van der Waals surface area contributed by atoms with E-state index in [1.165, 1.54) is 5.56 Å². The molecule has 32 heavy (non-hydrogen) atoms. The lowest BCUT2D eigenvalue weighted by molar-refractivity contribution is 0.0544. The number of benzene rings is 2. The van der Waals surface area contributed by atoms with Gasteiger partial charge in [0.25, 0.3) is 0 Å². The molecule has 0 bridgehead atoms. The van der Waals surface area contributed by atoms with Gasteiger partial charge in [0.05, 0.1) is 17.1 Å². The predicted molar refractivity (Wildman–Crippen MR) is 127 cm³/mol. The first-order valence-electron chi connectivity index (χ1n) is 11.3. The number of fused-ring (bicyclic) bond motifs is 1. The van der Waals surface area contributed by atoms with Crippen molar-refractivity contribution < 1.29 is 9.53 Å². The Morgan fingerprint density at radius 2 is 1.94 bits per heavy atom. The fourth-order valence-corrected chi connectivity index (χ4v) is 4.75. The van der Waals surface area contributed by atoms with Crippen molar-refractivity contribution in [2.75, 3.05) is 7.05 Å². The smallest absolute Gasteiger partial charge is 0.419 e. The lowest BCUT2D eigenvalue weighted by Crippen LogP contribution is -2.28. The number of ether oxygens (including phenoxy) is 1. The fraction of sp³-hybridized carbons (Fsp3) is 0.407. The fourth-order valence-electron chi connectivity index (χ4n) is 4.75. The summed E-state index contributed by atoms with van der Waals surface area (Å²) in [5.41, 5.74) is 3.29. The Hall–Kier alpha value is -3.10. The van der Waals surface area contributed by atoms with Crippen molar-refractivity contribution in [2.45, 2.75) is 64.1 Å². The van der Waals surface area contributed by atoms with Crippen molar-refractivity contribution in [3.05, 3.63) is 71.4 Å². The molecule has 1 heterocycles. The molecule has 4 rings (SSSR count). The molecule has 5 nitrogen and oxygen atoms in total. The van der Waals surface area contributed by atoms with Crippen LogP contribution in [0, 0.1) is 11.3 Å². The van der Waals surface area contributed by atoms with Gasteiger partial charge in [-0.15, -0.1) is 0 Å². The first-order chi connectivity index (χ1) is 15.2. The van der Waals surface area contributed by atoms with Gasteiger partial charge in [-0.05, 0) is 82.3 Å². The second-order valence-electron chi connectivity index (χ2n) is 9.84. The summed E-state index contributed by atoms with van der Waals surface area (Å²) in [7, 11) is 2.19. The summed E-state index contributed by atoms with van der Waals surface area (Å²) in [4.78, 5) is 15.3. The molecule has 0 radical (unpaired) electrons. The molecular weight excluding hydrogens is 398 g/mol. The Labute approximate surface area is 190 Å². The first kappa shape index (κ1) is 22.1. The van der Waals surface area contributed by atoms with E-state index in [0.29, 0.717) is 17.5 Å². The average Bonchev–Trinajstić information content (AvgIpc) is 3.38. The molecule has 0 unspecified atom stereocenters. The molecule has 166 valence electrons. The maximum atomic E-state index is 12.9. The van der Waals surface area contributed by atoms with Gasteiger partial charge < -0.3 is 4.74 Å². The SMILES string of the molecule is CN(Cc1ccccc1)[C@@H]1CC[C@@H](c2cn(C(=O)OC(C)(C)C)c3ccc(C#N)cc23)C1. The predicted octanol–water partition coefficient (Wildman–Crippen LogP) is 6.06. The van der Waals surface area contributed by atoms with Gasteiger partial charge in [0.1, 0.15) is 5.60 Å². The molecule has 1 aliphatic carbocycles. The topological polar surface area (TPSA) is 58.3 Å². The van der Waals surface area contributed by atoms with Crippen molar-refractivity contribution in [2.24, 2.45) is 0 Å². The molecule has 1 aliphatic rings. The Kier molecular flexibility index (Phi) is 6.08. The summed E-state index contributed by atoms with van der Waals surface area (Å²) < 4.78 is 7.25. The van der Waals surface area contributed by atoms with Gasteiger partial charge in [-0.1, -0.05) is 30.3 Å². The molecule has 0 N–H and O–H groups in total. The van der Waals surface area contributed by atoms with E-state index in [4.69, 9.17) is 4.74 Å². The lowest BCUT2D eigenvalue weighted by Gasteiger charge is -2.24. The van der Waals surface area contributed by atoms with Crippen LogP contribution in [-0.4, -0.2) is 34.3 Å². The second kappa shape index (κ2) is 8.80. The van der Waals surface area contributed by atoms with Gasteiger partial charge in [-0.3, -0.25) is 9.47 Å². The van der Waals surface area contributed by atoms with E-state index in [0.717, 1.165) is 42.3 Å². The van der Waals surface area contributed by atoms with E-state index in [2.05, 4.69) is 42.3 Å². The van der Waals surface area contributed by atoms with Crippen LogP contribution in [-0.2, 0) is 11.3 Å². The third-order valence-corrected chi connectivity index (χ3v) is 6.30. The average molecular weight is 430 g/mol. The van der Waals surface area contributed by atoms with Crippen molar-refractivity contribution in [1.82, 2.24) is 9.47 Å². The highest BCUT2D eigenvalue weighted by Crippen LogP contribution is 2.41. The molecule has 2 aromatic carbocycles. The molecule has 5 heteroatoms. The molecule has 0 saturated heterocycles. The second-order valence-corrected chi connectivity index (χ2v) is 9.84. The normalized spacial score (nSPS) is 18.8. The van der Waals surface area contributed by atoms with E-state index in [1.807, 2.05) is 45.2 Å². The minimum atomic E-state index is -0.570. The molecule has 0 spiro atoms. The van der Waals surface area contributed by atoms with E-state index in [9.17, 15) is 10.1 Å². The summed E-state index contributed by atoms with van der Waals surface area (Å²) in [6, 6.07) is 18.8. The van der Waals surface area contributed by atoms with Crippen LogP contribution in [0.5, 0.6) is 0 Å². The van der Waals surface area contributed by atoms with Gasteiger partial charge in [-0.25, -0.2) is 4.79 Å². The summed E-state index contributed by atoms with van der Waals surface area (Å²) in [6.07, 6.45) is 4.77. The Balaban J connectivity index is 1.61. The van der Waals surface area contributed by atoms with Gasteiger partial charge in [0, 0.05) is 24.2 Å². The van der Waals surface area contributed by atoms with E-state index < -0.39 is 5.60 Å².